The van der Waals surface area contributed by atoms with E-state index in [4.69, 9.17) is 0 Å². The van der Waals surface area contributed by atoms with Crippen LogP contribution in [0.4, 0.5) is 18.9 Å². The molecular weight excluding hydrogens is 399 g/mol. The number of anilines is 1. The predicted molar refractivity (Wildman–Crippen MR) is 81.8 cm³/mol. The van der Waals surface area contributed by atoms with Crippen molar-refractivity contribution in [2.75, 3.05) is 5.32 Å². The molecule has 4 nitrogen and oxygen atoms in total. The molecule has 122 valence electrons. The molecule has 0 heterocycles. The van der Waals surface area contributed by atoms with Crippen LogP contribution in [-0.4, -0.2) is 19.8 Å². The molecule has 0 aliphatic heterocycles. The van der Waals surface area contributed by atoms with Crippen LogP contribution in [0.15, 0.2) is 57.9 Å². The van der Waals surface area contributed by atoms with Crippen LogP contribution in [0, 0.1) is 0 Å². The lowest BCUT2D eigenvalue weighted by Crippen LogP contribution is -2.23. The van der Waals surface area contributed by atoms with Gasteiger partial charge in [-0.15, -0.1) is 0 Å². The molecule has 0 aliphatic carbocycles. The lowest BCUT2D eigenvalue weighted by molar-refractivity contribution is -0.0436. The van der Waals surface area contributed by atoms with E-state index in [-0.39, 0.29) is 5.56 Å². The van der Waals surface area contributed by atoms with Crippen molar-refractivity contribution < 1.29 is 26.4 Å². The van der Waals surface area contributed by atoms with Crippen molar-refractivity contribution in [3.63, 3.8) is 0 Å². The van der Waals surface area contributed by atoms with E-state index in [0.29, 0.717) is 5.69 Å². The summed E-state index contributed by atoms with van der Waals surface area (Å²) in [5.74, 6) is -0.566. The molecule has 2 aromatic carbocycles. The van der Waals surface area contributed by atoms with E-state index in [2.05, 4.69) is 21.2 Å². The van der Waals surface area contributed by atoms with Crippen LogP contribution in [0.2, 0.25) is 0 Å². The minimum absolute atomic E-state index is 0.0362. The first-order valence-corrected chi connectivity index (χ1v) is 8.37. The fraction of sp³-hybridized carbons (Fsp3) is 0.0714. The third-order valence-corrected chi connectivity index (χ3v) is 4.86. The van der Waals surface area contributed by atoms with E-state index in [1.807, 2.05) is 0 Å². The molecule has 0 aromatic heterocycles. The summed E-state index contributed by atoms with van der Waals surface area (Å²) in [6.45, 7) is 0. The van der Waals surface area contributed by atoms with Gasteiger partial charge >= 0.3 is 5.51 Å². The van der Waals surface area contributed by atoms with Crippen molar-refractivity contribution in [3.8, 4) is 0 Å². The molecule has 0 aliphatic rings. The predicted octanol–water partition coefficient (Wildman–Crippen LogP) is 3.99. The molecule has 0 fully saturated rings. The van der Waals surface area contributed by atoms with Gasteiger partial charge < -0.3 is 5.32 Å². The number of carbonyl (C=O) groups is 1. The van der Waals surface area contributed by atoms with Crippen LogP contribution in [0.3, 0.4) is 0 Å². The van der Waals surface area contributed by atoms with Crippen LogP contribution in [-0.2, 0) is 9.84 Å². The Kier molecular flexibility index (Phi) is 4.81. The molecule has 2 rings (SSSR count). The topological polar surface area (TPSA) is 63.2 Å². The second-order valence-corrected chi connectivity index (χ2v) is 7.29. The number of hydrogen-bond acceptors (Lipinski definition) is 3. The molecular formula is C14H9BrF3NO3S. The Labute approximate surface area is 138 Å². The maximum Gasteiger partial charge on any atom is 0.501 e. The Morgan fingerprint density at radius 2 is 1.48 bits per heavy atom. The maximum atomic E-state index is 12.4. The third kappa shape index (κ3) is 3.91. The number of sulfone groups is 1. The van der Waals surface area contributed by atoms with Gasteiger partial charge in [0.05, 0.1) is 4.90 Å². The van der Waals surface area contributed by atoms with Gasteiger partial charge in [0.15, 0.2) is 0 Å². The van der Waals surface area contributed by atoms with Gasteiger partial charge in [-0.05, 0) is 48.5 Å². The van der Waals surface area contributed by atoms with Gasteiger partial charge in [0, 0.05) is 15.7 Å². The second-order valence-electron chi connectivity index (χ2n) is 4.43. The van der Waals surface area contributed by atoms with E-state index in [9.17, 15) is 26.4 Å². The summed E-state index contributed by atoms with van der Waals surface area (Å²) in [5, 5.41) is 2.54. The summed E-state index contributed by atoms with van der Waals surface area (Å²) in [5.41, 5.74) is -4.85. The van der Waals surface area contributed by atoms with Gasteiger partial charge in [-0.3, -0.25) is 4.79 Å². The second kappa shape index (κ2) is 6.32. The van der Waals surface area contributed by atoms with E-state index in [1.165, 1.54) is 0 Å². The zero-order valence-corrected chi connectivity index (χ0v) is 13.7. The van der Waals surface area contributed by atoms with Crippen molar-refractivity contribution >= 4 is 37.4 Å². The lowest BCUT2D eigenvalue weighted by atomic mass is 10.2. The van der Waals surface area contributed by atoms with Gasteiger partial charge in [0.1, 0.15) is 0 Å². The number of nitrogens with one attached hydrogen (secondary N) is 1. The van der Waals surface area contributed by atoms with Crippen molar-refractivity contribution in [1.82, 2.24) is 0 Å². The van der Waals surface area contributed by atoms with Gasteiger partial charge in [0.2, 0.25) is 0 Å². The average molecular weight is 408 g/mol. The molecule has 0 bridgehead atoms. The molecule has 0 atom stereocenters. The Morgan fingerprint density at radius 3 is 1.96 bits per heavy atom. The van der Waals surface area contributed by atoms with Crippen molar-refractivity contribution in [2.45, 2.75) is 10.4 Å². The summed E-state index contributed by atoms with van der Waals surface area (Å²) >= 11 is 3.24. The molecule has 0 radical (unpaired) electrons. The first kappa shape index (κ1) is 17.5. The first-order chi connectivity index (χ1) is 10.6. The van der Waals surface area contributed by atoms with E-state index < -0.39 is 26.1 Å². The normalized spacial score (nSPS) is 12.0. The highest BCUT2D eigenvalue weighted by Gasteiger charge is 2.46. The van der Waals surface area contributed by atoms with Crippen LogP contribution in [0.1, 0.15) is 10.4 Å². The Balaban J connectivity index is 2.19. The minimum atomic E-state index is -5.42. The quantitative estimate of drug-likeness (QED) is 0.836. The number of alkyl halides is 3. The zero-order chi connectivity index (χ0) is 17.3. The van der Waals surface area contributed by atoms with Crippen LogP contribution < -0.4 is 5.32 Å². The molecule has 9 heteroatoms. The van der Waals surface area contributed by atoms with Crippen molar-refractivity contribution in [2.24, 2.45) is 0 Å². The highest BCUT2D eigenvalue weighted by molar-refractivity contribution is 9.10. The van der Waals surface area contributed by atoms with E-state index >= 15 is 0 Å². The molecule has 0 spiro atoms. The molecule has 23 heavy (non-hydrogen) atoms. The molecule has 1 N–H and O–H groups in total. The highest BCUT2D eigenvalue weighted by atomic mass is 79.9. The van der Waals surface area contributed by atoms with Crippen molar-refractivity contribution in [1.29, 1.82) is 0 Å². The molecule has 0 unspecified atom stereocenters. The first-order valence-electron chi connectivity index (χ1n) is 6.09. The molecule has 1 amide bonds. The number of rotatable bonds is 3. The summed E-state index contributed by atoms with van der Waals surface area (Å²) in [6, 6.07) is 10.2. The Hall–Kier alpha value is -1.87. The number of amides is 1. The number of halogens is 4. The van der Waals surface area contributed by atoms with E-state index in [1.54, 1.807) is 24.3 Å². The van der Waals surface area contributed by atoms with Crippen LogP contribution >= 0.6 is 15.9 Å². The number of hydrogen-bond donors (Lipinski definition) is 1. The van der Waals surface area contributed by atoms with Crippen LogP contribution in [0.25, 0.3) is 0 Å². The highest BCUT2D eigenvalue weighted by Crippen LogP contribution is 2.30. The van der Waals surface area contributed by atoms with Gasteiger partial charge in [-0.1, -0.05) is 15.9 Å². The zero-order valence-electron chi connectivity index (χ0n) is 11.3. The lowest BCUT2D eigenvalue weighted by Gasteiger charge is -2.09. The minimum Gasteiger partial charge on any atom is -0.322 e. The number of benzene rings is 2. The third-order valence-electron chi connectivity index (χ3n) is 2.83. The maximum absolute atomic E-state index is 12.4. The fourth-order valence-electron chi connectivity index (χ4n) is 1.66. The molecule has 2 aromatic rings. The summed E-state index contributed by atoms with van der Waals surface area (Å²) in [6.07, 6.45) is 0. The SMILES string of the molecule is O=C(Nc1ccc(Br)cc1)c1ccc(S(=O)(=O)C(F)(F)F)cc1. The Bertz CT molecular complexity index is 816. The van der Waals surface area contributed by atoms with Gasteiger partial charge in [-0.25, -0.2) is 8.42 Å². The van der Waals surface area contributed by atoms with Gasteiger partial charge in [0.25, 0.3) is 15.7 Å². The summed E-state index contributed by atoms with van der Waals surface area (Å²) in [4.78, 5) is 11.1. The summed E-state index contributed by atoms with van der Waals surface area (Å²) in [7, 11) is -5.42. The smallest absolute Gasteiger partial charge is 0.322 e. The van der Waals surface area contributed by atoms with E-state index in [0.717, 1.165) is 28.7 Å². The standard InChI is InChI=1S/C14H9BrF3NO3S/c15-10-3-5-11(6-4-10)19-13(20)9-1-7-12(8-2-9)23(21,22)14(16,17)18/h1-8H,(H,19,20). The van der Waals surface area contributed by atoms with Crippen LogP contribution in [0.5, 0.6) is 0 Å². The summed E-state index contributed by atoms with van der Waals surface area (Å²) < 4.78 is 60.6. The van der Waals surface area contributed by atoms with Gasteiger partial charge in [-0.2, -0.15) is 13.2 Å². The largest absolute Gasteiger partial charge is 0.501 e. The molecule has 0 saturated heterocycles. The average Bonchev–Trinajstić information content (AvgIpc) is 2.48. The number of carbonyl (C=O) groups excluding carboxylic acids is 1. The monoisotopic (exact) mass is 407 g/mol. The van der Waals surface area contributed by atoms with Crippen molar-refractivity contribution in [3.05, 3.63) is 58.6 Å². The fourth-order valence-corrected chi connectivity index (χ4v) is 2.68. The Morgan fingerprint density at radius 1 is 0.957 bits per heavy atom. The molecule has 0 saturated carbocycles.